The van der Waals surface area contributed by atoms with Crippen molar-refractivity contribution in [2.45, 2.75) is 36.6 Å². The first-order chi connectivity index (χ1) is 10.2. The zero-order valence-electron chi connectivity index (χ0n) is 12.0. The third kappa shape index (κ3) is 3.17. The Morgan fingerprint density at radius 3 is 2.76 bits per heavy atom. The van der Waals surface area contributed by atoms with Gasteiger partial charge in [-0.2, -0.15) is 4.37 Å². The molecule has 0 atom stereocenters. The van der Waals surface area contributed by atoms with Crippen molar-refractivity contribution in [3.8, 4) is 0 Å². The molecule has 0 fully saturated rings. The van der Waals surface area contributed by atoms with Gasteiger partial charge in [0.25, 0.3) is 0 Å². The molecule has 0 saturated carbocycles. The van der Waals surface area contributed by atoms with E-state index in [-0.39, 0.29) is 0 Å². The van der Waals surface area contributed by atoms with Crippen molar-refractivity contribution < 1.29 is 0 Å². The van der Waals surface area contributed by atoms with Crippen LogP contribution in [0.3, 0.4) is 0 Å². The van der Waals surface area contributed by atoms with E-state index in [0.29, 0.717) is 5.95 Å². The number of anilines is 1. The standard InChI is InChI=1S/C13H15N5S3/c1-4-8-6-9-10(19-8)16-12(14-5-2)17-11(9)20-13-15-7(3)18-21-13/h6H,4-5H2,1-3H3,(H,14,16,17). The lowest BCUT2D eigenvalue weighted by Crippen LogP contribution is -2.02. The van der Waals surface area contributed by atoms with E-state index in [1.54, 1.807) is 23.1 Å². The van der Waals surface area contributed by atoms with Gasteiger partial charge >= 0.3 is 0 Å². The highest BCUT2D eigenvalue weighted by atomic mass is 32.2. The van der Waals surface area contributed by atoms with Crippen molar-refractivity contribution in [2.24, 2.45) is 0 Å². The van der Waals surface area contributed by atoms with Gasteiger partial charge in [0.15, 0.2) is 4.34 Å². The highest BCUT2D eigenvalue weighted by molar-refractivity contribution is 8.01. The lowest BCUT2D eigenvalue weighted by Gasteiger charge is -2.04. The molecule has 8 heteroatoms. The van der Waals surface area contributed by atoms with Crippen LogP contribution in [-0.2, 0) is 6.42 Å². The number of hydrogen-bond acceptors (Lipinski definition) is 8. The first kappa shape index (κ1) is 14.7. The maximum atomic E-state index is 4.63. The van der Waals surface area contributed by atoms with Crippen LogP contribution in [-0.4, -0.2) is 25.9 Å². The van der Waals surface area contributed by atoms with Crippen LogP contribution >= 0.6 is 34.6 Å². The van der Waals surface area contributed by atoms with Crippen LogP contribution < -0.4 is 5.32 Å². The minimum Gasteiger partial charge on any atom is -0.354 e. The Morgan fingerprint density at radius 1 is 1.24 bits per heavy atom. The van der Waals surface area contributed by atoms with Gasteiger partial charge in [0.2, 0.25) is 5.95 Å². The van der Waals surface area contributed by atoms with Gasteiger partial charge in [-0.1, -0.05) is 6.92 Å². The van der Waals surface area contributed by atoms with E-state index in [9.17, 15) is 0 Å². The number of nitrogens with zero attached hydrogens (tertiary/aromatic N) is 4. The Morgan fingerprint density at radius 2 is 2.10 bits per heavy atom. The Bertz CT molecular complexity index is 764. The molecule has 21 heavy (non-hydrogen) atoms. The van der Waals surface area contributed by atoms with Crippen LogP contribution in [0.25, 0.3) is 10.2 Å². The largest absolute Gasteiger partial charge is 0.354 e. The first-order valence-electron chi connectivity index (χ1n) is 6.72. The molecule has 0 saturated heterocycles. The summed E-state index contributed by atoms with van der Waals surface area (Å²) < 4.78 is 5.14. The molecule has 3 aromatic heterocycles. The van der Waals surface area contributed by atoms with Crippen LogP contribution in [0.15, 0.2) is 15.4 Å². The number of hydrogen-bond donors (Lipinski definition) is 1. The van der Waals surface area contributed by atoms with E-state index in [0.717, 1.165) is 38.4 Å². The van der Waals surface area contributed by atoms with Gasteiger partial charge in [0.05, 0.1) is 0 Å². The summed E-state index contributed by atoms with van der Waals surface area (Å²) >= 11 is 4.70. The topological polar surface area (TPSA) is 63.6 Å². The smallest absolute Gasteiger partial charge is 0.225 e. The van der Waals surface area contributed by atoms with Crippen molar-refractivity contribution in [2.75, 3.05) is 11.9 Å². The van der Waals surface area contributed by atoms with Gasteiger partial charge in [-0.3, -0.25) is 0 Å². The Hall–Kier alpha value is -1.25. The summed E-state index contributed by atoms with van der Waals surface area (Å²) in [7, 11) is 0. The molecule has 5 nitrogen and oxygen atoms in total. The van der Waals surface area contributed by atoms with E-state index in [1.807, 2.05) is 13.8 Å². The maximum Gasteiger partial charge on any atom is 0.225 e. The molecule has 3 aromatic rings. The summed E-state index contributed by atoms with van der Waals surface area (Å²) in [5, 5.41) is 5.25. The molecule has 0 radical (unpaired) electrons. The van der Waals surface area contributed by atoms with Crippen LogP contribution in [0, 0.1) is 6.92 Å². The van der Waals surface area contributed by atoms with Gasteiger partial charge in [-0.25, -0.2) is 15.0 Å². The third-order valence-electron chi connectivity index (χ3n) is 2.79. The molecule has 3 heterocycles. The minimum atomic E-state index is 0.679. The van der Waals surface area contributed by atoms with Gasteiger partial charge in [0, 0.05) is 16.8 Å². The molecule has 0 aliphatic rings. The molecule has 0 aliphatic carbocycles. The average Bonchev–Trinajstić information content (AvgIpc) is 3.05. The SMILES string of the molecule is CCNc1nc(Sc2nc(C)ns2)c2cc(CC)sc2n1. The number of fused-ring (bicyclic) bond motifs is 1. The first-order valence-corrected chi connectivity index (χ1v) is 9.12. The molecule has 110 valence electrons. The summed E-state index contributed by atoms with van der Waals surface area (Å²) in [6.45, 7) is 6.91. The van der Waals surface area contributed by atoms with E-state index >= 15 is 0 Å². The van der Waals surface area contributed by atoms with Crippen molar-refractivity contribution in [3.63, 3.8) is 0 Å². The predicted octanol–water partition coefficient (Wildman–Crippen LogP) is 4.00. The second-order valence-corrected chi connectivity index (χ2v) is 7.48. The lowest BCUT2D eigenvalue weighted by molar-refractivity contribution is 1.05. The fourth-order valence-electron chi connectivity index (χ4n) is 1.84. The summed E-state index contributed by atoms with van der Waals surface area (Å²) in [5.41, 5.74) is 0. The third-order valence-corrected chi connectivity index (χ3v) is 5.81. The Kier molecular flexibility index (Phi) is 4.37. The Balaban J connectivity index is 2.06. The molecule has 0 bridgehead atoms. The van der Waals surface area contributed by atoms with Crippen molar-refractivity contribution in [3.05, 3.63) is 16.8 Å². The van der Waals surface area contributed by atoms with E-state index in [1.165, 1.54) is 16.4 Å². The molecule has 3 rings (SSSR count). The zero-order chi connectivity index (χ0) is 14.8. The number of nitrogens with one attached hydrogen (secondary N) is 1. The summed E-state index contributed by atoms with van der Waals surface area (Å²) in [4.78, 5) is 16.0. The molecular formula is C13H15N5S3. The summed E-state index contributed by atoms with van der Waals surface area (Å²) in [6, 6.07) is 2.19. The van der Waals surface area contributed by atoms with Gasteiger partial charge in [-0.05, 0) is 49.6 Å². The van der Waals surface area contributed by atoms with Gasteiger partial charge in [0.1, 0.15) is 15.7 Å². The van der Waals surface area contributed by atoms with E-state index in [4.69, 9.17) is 0 Å². The average molecular weight is 337 g/mol. The minimum absolute atomic E-state index is 0.679. The number of aromatic nitrogens is 4. The summed E-state index contributed by atoms with van der Waals surface area (Å²) in [6.07, 6.45) is 1.01. The molecule has 0 unspecified atom stereocenters. The van der Waals surface area contributed by atoms with Crippen LogP contribution in [0.2, 0.25) is 0 Å². The monoisotopic (exact) mass is 337 g/mol. The highest BCUT2D eigenvalue weighted by Crippen LogP contribution is 2.36. The molecule has 0 amide bonds. The maximum absolute atomic E-state index is 4.63. The van der Waals surface area contributed by atoms with Crippen LogP contribution in [0.4, 0.5) is 5.95 Å². The molecule has 1 N–H and O–H groups in total. The highest BCUT2D eigenvalue weighted by Gasteiger charge is 2.14. The molecule has 0 aromatic carbocycles. The van der Waals surface area contributed by atoms with Gasteiger partial charge < -0.3 is 5.32 Å². The number of thiophene rings is 1. The molecule has 0 spiro atoms. The quantitative estimate of drug-likeness (QED) is 0.710. The van der Waals surface area contributed by atoms with Crippen molar-refractivity contribution in [1.82, 2.24) is 19.3 Å². The van der Waals surface area contributed by atoms with Crippen molar-refractivity contribution >= 4 is 50.8 Å². The second kappa shape index (κ2) is 6.25. The number of aryl methyl sites for hydroxylation is 2. The van der Waals surface area contributed by atoms with E-state index in [2.05, 4.69) is 37.6 Å². The van der Waals surface area contributed by atoms with E-state index < -0.39 is 0 Å². The fraction of sp³-hybridized carbons (Fsp3) is 0.385. The van der Waals surface area contributed by atoms with Crippen LogP contribution in [0.5, 0.6) is 0 Å². The van der Waals surface area contributed by atoms with Crippen molar-refractivity contribution in [1.29, 1.82) is 0 Å². The second-order valence-electron chi connectivity index (χ2n) is 4.38. The Labute approximate surface area is 135 Å². The molecular weight excluding hydrogens is 322 g/mol. The van der Waals surface area contributed by atoms with Crippen LogP contribution in [0.1, 0.15) is 24.5 Å². The predicted molar refractivity (Wildman–Crippen MR) is 89.7 cm³/mol. The summed E-state index contributed by atoms with van der Waals surface area (Å²) in [5.74, 6) is 1.48. The zero-order valence-corrected chi connectivity index (χ0v) is 14.5. The molecule has 0 aliphatic heterocycles. The normalized spacial score (nSPS) is 11.2. The fourth-order valence-corrected chi connectivity index (χ4v) is 4.53. The number of rotatable bonds is 5. The lowest BCUT2D eigenvalue weighted by atomic mass is 10.3. The van der Waals surface area contributed by atoms with Gasteiger partial charge in [-0.15, -0.1) is 11.3 Å².